The van der Waals surface area contributed by atoms with Crippen LogP contribution in [-0.2, 0) is 6.42 Å². The Labute approximate surface area is 115 Å². The fourth-order valence-electron chi connectivity index (χ4n) is 2.24. The van der Waals surface area contributed by atoms with Crippen LogP contribution in [0.5, 0.6) is 0 Å². The van der Waals surface area contributed by atoms with Crippen molar-refractivity contribution in [3.8, 4) is 0 Å². The van der Waals surface area contributed by atoms with Crippen molar-refractivity contribution in [3.63, 3.8) is 0 Å². The highest BCUT2D eigenvalue weighted by molar-refractivity contribution is 5.83. The summed E-state index contributed by atoms with van der Waals surface area (Å²) in [6.07, 6.45) is 4.09. The van der Waals surface area contributed by atoms with E-state index in [0.29, 0.717) is 0 Å². The summed E-state index contributed by atoms with van der Waals surface area (Å²) < 4.78 is 0. The minimum atomic E-state index is 0.000212. The Hall–Kier alpha value is -1.32. The van der Waals surface area contributed by atoms with E-state index < -0.39 is 0 Å². The molecule has 0 bridgehead atoms. The lowest BCUT2D eigenvalue weighted by Crippen LogP contribution is -2.35. The van der Waals surface area contributed by atoms with Crippen LogP contribution in [0.1, 0.15) is 25.8 Å². The van der Waals surface area contributed by atoms with Crippen LogP contribution in [-0.4, -0.2) is 29.8 Å². The maximum absolute atomic E-state index is 9.36. The van der Waals surface area contributed by atoms with E-state index in [9.17, 15) is 5.11 Å². The normalized spacial score (nSPS) is 14.7. The maximum atomic E-state index is 9.36. The Morgan fingerprint density at radius 3 is 2.84 bits per heavy atom. The predicted molar refractivity (Wildman–Crippen MR) is 80.4 cm³/mol. The summed E-state index contributed by atoms with van der Waals surface area (Å²) in [5.74, 6) is 0. The van der Waals surface area contributed by atoms with E-state index in [-0.39, 0.29) is 12.0 Å². The van der Waals surface area contributed by atoms with Gasteiger partial charge >= 0.3 is 0 Å². The van der Waals surface area contributed by atoms with Gasteiger partial charge in [-0.3, -0.25) is 0 Å². The largest absolute Gasteiger partial charge is 0.396 e. The zero-order valence-corrected chi connectivity index (χ0v) is 11.9. The van der Waals surface area contributed by atoms with Gasteiger partial charge in [0.25, 0.3) is 0 Å². The molecule has 1 unspecified atom stereocenters. The molecule has 0 radical (unpaired) electrons. The molecule has 1 heterocycles. The van der Waals surface area contributed by atoms with Gasteiger partial charge < -0.3 is 15.4 Å². The van der Waals surface area contributed by atoms with Gasteiger partial charge in [-0.1, -0.05) is 32.0 Å². The van der Waals surface area contributed by atoms with Crippen LogP contribution < -0.4 is 5.32 Å². The van der Waals surface area contributed by atoms with E-state index in [1.165, 1.54) is 16.5 Å². The number of hydrogen-bond donors (Lipinski definition) is 3. The van der Waals surface area contributed by atoms with Crippen LogP contribution in [0.25, 0.3) is 10.9 Å². The van der Waals surface area contributed by atoms with E-state index in [4.69, 9.17) is 0 Å². The van der Waals surface area contributed by atoms with Crippen molar-refractivity contribution in [2.24, 2.45) is 5.41 Å². The molecule has 0 saturated carbocycles. The maximum Gasteiger partial charge on any atom is 0.0496 e. The van der Waals surface area contributed by atoms with Gasteiger partial charge in [0.2, 0.25) is 0 Å². The van der Waals surface area contributed by atoms with Gasteiger partial charge in [-0.2, -0.15) is 0 Å². The van der Waals surface area contributed by atoms with E-state index >= 15 is 0 Å². The van der Waals surface area contributed by atoms with Gasteiger partial charge in [0.05, 0.1) is 0 Å². The average molecular weight is 260 g/mol. The quantitative estimate of drug-likeness (QED) is 0.670. The number of rotatable bonds is 7. The number of aromatic nitrogens is 1. The smallest absolute Gasteiger partial charge is 0.0496 e. The van der Waals surface area contributed by atoms with Crippen molar-refractivity contribution in [1.82, 2.24) is 10.3 Å². The van der Waals surface area contributed by atoms with E-state index in [0.717, 1.165) is 25.9 Å². The van der Waals surface area contributed by atoms with Crippen molar-refractivity contribution < 1.29 is 5.11 Å². The van der Waals surface area contributed by atoms with Crippen molar-refractivity contribution in [2.75, 3.05) is 19.7 Å². The van der Waals surface area contributed by atoms with Crippen LogP contribution in [0.2, 0.25) is 0 Å². The van der Waals surface area contributed by atoms with E-state index in [2.05, 4.69) is 54.6 Å². The monoisotopic (exact) mass is 260 g/mol. The number of aliphatic hydroxyl groups excluding tert-OH is 1. The SMILES string of the molecule is CCC(C)(CO)CNCCc1c[nH]c2ccccc12. The summed E-state index contributed by atoms with van der Waals surface area (Å²) >= 11 is 0. The topological polar surface area (TPSA) is 48.0 Å². The zero-order chi connectivity index (χ0) is 13.7. The van der Waals surface area contributed by atoms with Gasteiger partial charge in [-0.25, -0.2) is 0 Å². The molecule has 0 aliphatic carbocycles. The lowest BCUT2D eigenvalue weighted by Gasteiger charge is -2.25. The van der Waals surface area contributed by atoms with Gasteiger partial charge in [-0.05, 0) is 31.0 Å². The number of aliphatic hydroxyl groups is 1. The molecule has 3 N–H and O–H groups in total. The first-order chi connectivity index (χ1) is 9.18. The number of nitrogens with one attached hydrogen (secondary N) is 2. The lowest BCUT2D eigenvalue weighted by atomic mass is 9.88. The predicted octanol–water partition coefficient (Wildman–Crippen LogP) is 2.71. The third-order valence-electron chi connectivity index (χ3n) is 4.03. The first kappa shape index (κ1) is 14.1. The molecule has 1 aromatic heterocycles. The molecule has 3 heteroatoms. The highest BCUT2D eigenvalue weighted by atomic mass is 16.3. The molecule has 104 valence electrons. The molecule has 19 heavy (non-hydrogen) atoms. The van der Waals surface area contributed by atoms with Crippen molar-refractivity contribution in [2.45, 2.75) is 26.7 Å². The van der Waals surface area contributed by atoms with Crippen molar-refractivity contribution >= 4 is 10.9 Å². The number of hydrogen-bond acceptors (Lipinski definition) is 2. The molecule has 1 atom stereocenters. The first-order valence-electron chi connectivity index (χ1n) is 7.05. The number of benzene rings is 1. The van der Waals surface area contributed by atoms with E-state index in [1.54, 1.807) is 0 Å². The zero-order valence-electron chi connectivity index (χ0n) is 11.9. The lowest BCUT2D eigenvalue weighted by molar-refractivity contribution is 0.136. The Morgan fingerprint density at radius 2 is 2.11 bits per heavy atom. The van der Waals surface area contributed by atoms with Crippen LogP contribution in [0.4, 0.5) is 0 Å². The Bertz CT molecular complexity index is 514. The molecular weight excluding hydrogens is 236 g/mol. The third-order valence-corrected chi connectivity index (χ3v) is 4.03. The van der Waals surface area contributed by atoms with Crippen LogP contribution >= 0.6 is 0 Å². The number of aromatic amines is 1. The van der Waals surface area contributed by atoms with Crippen LogP contribution in [0, 0.1) is 5.41 Å². The minimum absolute atomic E-state index is 0.000212. The molecular formula is C16H24N2O. The van der Waals surface area contributed by atoms with Gasteiger partial charge in [-0.15, -0.1) is 0 Å². The molecule has 0 amide bonds. The Kier molecular flexibility index (Phi) is 4.61. The second kappa shape index (κ2) is 6.22. The number of para-hydroxylation sites is 1. The van der Waals surface area contributed by atoms with E-state index in [1.807, 2.05) is 0 Å². The summed E-state index contributed by atoms with van der Waals surface area (Å²) in [6.45, 7) is 6.28. The molecule has 3 nitrogen and oxygen atoms in total. The third kappa shape index (κ3) is 3.37. The summed E-state index contributed by atoms with van der Waals surface area (Å²) in [5, 5.41) is 14.1. The molecule has 0 aliphatic rings. The second-order valence-electron chi connectivity index (χ2n) is 5.61. The summed E-state index contributed by atoms with van der Waals surface area (Å²) in [5.41, 5.74) is 2.55. The number of H-pyrrole nitrogens is 1. The average Bonchev–Trinajstić information content (AvgIpc) is 2.87. The summed E-state index contributed by atoms with van der Waals surface area (Å²) in [6, 6.07) is 8.39. The highest BCUT2D eigenvalue weighted by Crippen LogP contribution is 2.19. The minimum Gasteiger partial charge on any atom is -0.396 e. The molecule has 2 aromatic rings. The molecule has 1 aromatic carbocycles. The fraction of sp³-hybridized carbons (Fsp3) is 0.500. The van der Waals surface area contributed by atoms with Gasteiger partial charge in [0.1, 0.15) is 0 Å². The van der Waals surface area contributed by atoms with Crippen LogP contribution in [0.3, 0.4) is 0 Å². The van der Waals surface area contributed by atoms with Gasteiger partial charge in [0.15, 0.2) is 0 Å². The number of fused-ring (bicyclic) bond motifs is 1. The molecule has 0 saturated heterocycles. The fourth-order valence-corrected chi connectivity index (χ4v) is 2.24. The second-order valence-corrected chi connectivity index (χ2v) is 5.61. The highest BCUT2D eigenvalue weighted by Gasteiger charge is 2.19. The Balaban J connectivity index is 1.86. The summed E-state index contributed by atoms with van der Waals surface area (Å²) in [7, 11) is 0. The van der Waals surface area contributed by atoms with Crippen molar-refractivity contribution in [3.05, 3.63) is 36.0 Å². The standard InChI is InChI=1S/C16H24N2O/c1-3-16(2,12-19)11-17-9-8-13-10-18-15-7-5-4-6-14(13)15/h4-7,10,17-19H,3,8-9,11-12H2,1-2H3. The van der Waals surface area contributed by atoms with Crippen LogP contribution in [0.15, 0.2) is 30.5 Å². The van der Waals surface area contributed by atoms with Crippen molar-refractivity contribution in [1.29, 1.82) is 0 Å². The molecule has 2 rings (SSSR count). The molecule has 0 aliphatic heterocycles. The molecule has 0 fully saturated rings. The molecule has 0 spiro atoms. The Morgan fingerprint density at radius 1 is 1.32 bits per heavy atom. The first-order valence-corrected chi connectivity index (χ1v) is 7.05. The summed E-state index contributed by atoms with van der Waals surface area (Å²) in [4.78, 5) is 3.30. The van der Waals surface area contributed by atoms with Gasteiger partial charge in [0, 0.05) is 35.7 Å².